The molecule has 2 aromatic heterocycles. The third kappa shape index (κ3) is 4.59. The molecule has 0 aliphatic rings. The fourth-order valence-electron chi connectivity index (χ4n) is 1.83. The van der Waals surface area contributed by atoms with Crippen LogP contribution in [0.4, 0.5) is 11.8 Å². The maximum absolute atomic E-state index is 5.76. The maximum atomic E-state index is 5.76. The van der Waals surface area contributed by atoms with Gasteiger partial charge in [-0.25, -0.2) is 4.98 Å². The minimum Gasteiger partial charge on any atom is -0.482 e. The van der Waals surface area contributed by atoms with Crippen LogP contribution in [0.1, 0.15) is 31.2 Å². The molecule has 0 aromatic carbocycles. The van der Waals surface area contributed by atoms with Crippen LogP contribution in [-0.4, -0.2) is 21.5 Å². The lowest BCUT2D eigenvalue weighted by Gasteiger charge is -2.12. The molecule has 0 saturated heterocycles. The molecule has 3 N–H and O–H groups in total. The molecule has 0 amide bonds. The Hall–Kier alpha value is -2.37. The fraction of sp³-hybridized carbons (Fsp3) is 0.400. The summed E-state index contributed by atoms with van der Waals surface area (Å²) in [6.45, 7) is 5.29. The number of nitrogens with one attached hydrogen (secondary N) is 1. The quantitative estimate of drug-likeness (QED) is 0.761. The second kappa shape index (κ2) is 7.42. The van der Waals surface area contributed by atoms with E-state index in [1.165, 1.54) is 0 Å². The number of pyridine rings is 1. The Morgan fingerprint density at radius 1 is 1.29 bits per heavy atom. The molecule has 112 valence electrons. The maximum Gasteiger partial charge on any atom is 0.222 e. The normalized spacial score (nSPS) is 10.4. The van der Waals surface area contributed by atoms with Gasteiger partial charge in [0.05, 0.1) is 11.9 Å². The third-order valence-electron chi connectivity index (χ3n) is 2.92. The van der Waals surface area contributed by atoms with Crippen molar-refractivity contribution >= 4 is 11.8 Å². The second-order valence-electron chi connectivity index (χ2n) is 4.78. The first-order valence-electron chi connectivity index (χ1n) is 7.10. The number of hydrogen-bond acceptors (Lipinski definition) is 6. The van der Waals surface area contributed by atoms with Gasteiger partial charge in [-0.3, -0.25) is 4.98 Å². The molecule has 0 fully saturated rings. The van der Waals surface area contributed by atoms with E-state index in [0.29, 0.717) is 18.2 Å². The van der Waals surface area contributed by atoms with Crippen molar-refractivity contribution in [2.75, 3.05) is 17.6 Å². The van der Waals surface area contributed by atoms with E-state index in [2.05, 4.69) is 27.2 Å². The zero-order valence-electron chi connectivity index (χ0n) is 12.5. The number of nitrogens with two attached hydrogens (primary N) is 1. The summed E-state index contributed by atoms with van der Waals surface area (Å²) in [6.07, 6.45) is 3.76. The van der Waals surface area contributed by atoms with E-state index < -0.39 is 0 Å². The molecule has 0 spiro atoms. The van der Waals surface area contributed by atoms with Crippen LogP contribution in [0, 0.1) is 6.92 Å². The summed E-state index contributed by atoms with van der Waals surface area (Å²) in [5.41, 5.74) is 7.46. The number of nitrogen functional groups attached to an aromatic ring is 1. The van der Waals surface area contributed by atoms with Crippen molar-refractivity contribution in [3.8, 4) is 5.75 Å². The van der Waals surface area contributed by atoms with Crippen molar-refractivity contribution in [1.82, 2.24) is 15.0 Å². The minimum atomic E-state index is 0.232. The van der Waals surface area contributed by atoms with E-state index in [9.17, 15) is 0 Å². The van der Waals surface area contributed by atoms with Gasteiger partial charge in [-0.2, -0.15) is 4.98 Å². The van der Waals surface area contributed by atoms with Crippen LogP contribution < -0.4 is 15.8 Å². The fourth-order valence-corrected chi connectivity index (χ4v) is 1.83. The Labute approximate surface area is 124 Å². The average molecular weight is 287 g/mol. The second-order valence-corrected chi connectivity index (χ2v) is 4.78. The van der Waals surface area contributed by atoms with Crippen molar-refractivity contribution in [2.45, 2.75) is 33.3 Å². The lowest BCUT2D eigenvalue weighted by Crippen LogP contribution is -2.09. The lowest BCUT2D eigenvalue weighted by molar-refractivity contribution is 0.300. The molecule has 2 aromatic rings. The van der Waals surface area contributed by atoms with Crippen LogP contribution in [0.25, 0.3) is 0 Å². The van der Waals surface area contributed by atoms with Crippen LogP contribution in [0.2, 0.25) is 0 Å². The first kappa shape index (κ1) is 15.0. The number of aromatic nitrogens is 3. The molecule has 0 atom stereocenters. The van der Waals surface area contributed by atoms with Crippen LogP contribution in [0.15, 0.2) is 24.4 Å². The van der Waals surface area contributed by atoms with Gasteiger partial charge in [-0.05, 0) is 25.5 Å². The van der Waals surface area contributed by atoms with Gasteiger partial charge >= 0.3 is 0 Å². The molecular weight excluding hydrogens is 266 g/mol. The smallest absolute Gasteiger partial charge is 0.222 e. The van der Waals surface area contributed by atoms with Gasteiger partial charge in [0, 0.05) is 12.2 Å². The van der Waals surface area contributed by atoms with Crippen LogP contribution in [-0.2, 0) is 6.61 Å². The average Bonchev–Trinajstić information content (AvgIpc) is 2.47. The van der Waals surface area contributed by atoms with Gasteiger partial charge in [0.15, 0.2) is 11.6 Å². The minimum absolute atomic E-state index is 0.232. The summed E-state index contributed by atoms with van der Waals surface area (Å²) in [5.74, 6) is 1.45. The van der Waals surface area contributed by atoms with E-state index in [1.807, 2.05) is 25.1 Å². The number of hydrogen-bond donors (Lipinski definition) is 2. The summed E-state index contributed by atoms with van der Waals surface area (Å²) < 4.78 is 5.76. The summed E-state index contributed by atoms with van der Waals surface area (Å²) in [5, 5.41) is 3.23. The molecule has 2 heterocycles. The highest BCUT2D eigenvalue weighted by molar-refractivity contribution is 5.51. The highest BCUT2D eigenvalue weighted by atomic mass is 16.5. The van der Waals surface area contributed by atoms with Gasteiger partial charge < -0.3 is 15.8 Å². The van der Waals surface area contributed by atoms with Crippen LogP contribution in [0.3, 0.4) is 0 Å². The first-order chi connectivity index (χ1) is 10.2. The Morgan fingerprint density at radius 3 is 2.90 bits per heavy atom. The van der Waals surface area contributed by atoms with Crippen molar-refractivity contribution in [2.24, 2.45) is 0 Å². The van der Waals surface area contributed by atoms with Crippen molar-refractivity contribution < 1.29 is 4.74 Å². The van der Waals surface area contributed by atoms with E-state index in [1.54, 1.807) is 6.20 Å². The van der Waals surface area contributed by atoms with E-state index >= 15 is 0 Å². The molecular formula is C15H21N5O. The molecule has 0 saturated carbocycles. The van der Waals surface area contributed by atoms with Gasteiger partial charge in [-0.1, -0.05) is 19.4 Å². The zero-order chi connectivity index (χ0) is 15.1. The number of aryl methyl sites for hydroxylation is 1. The Morgan fingerprint density at radius 2 is 2.14 bits per heavy atom. The monoisotopic (exact) mass is 287 g/mol. The van der Waals surface area contributed by atoms with Crippen molar-refractivity contribution in [3.05, 3.63) is 35.8 Å². The van der Waals surface area contributed by atoms with Gasteiger partial charge in [0.1, 0.15) is 6.61 Å². The number of unbranched alkanes of at least 4 members (excludes halogenated alkanes) is 1. The molecule has 0 aliphatic heterocycles. The molecule has 6 heteroatoms. The van der Waals surface area contributed by atoms with Crippen molar-refractivity contribution in [3.63, 3.8) is 0 Å². The standard InChI is InChI=1S/C15H21N5O/c1-3-4-8-17-14-13(9-18-15(16)20-14)21-10-12-7-5-6-11(2)19-12/h5-7,9H,3-4,8,10H2,1-2H3,(H3,16,17,18,20). The molecule has 0 bridgehead atoms. The molecule has 2 rings (SSSR count). The molecule has 0 aliphatic carbocycles. The largest absolute Gasteiger partial charge is 0.482 e. The zero-order valence-corrected chi connectivity index (χ0v) is 12.5. The molecule has 6 nitrogen and oxygen atoms in total. The predicted octanol–water partition coefficient (Wildman–Crippen LogP) is 2.55. The van der Waals surface area contributed by atoms with Gasteiger partial charge in [-0.15, -0.1) is 0 Å². The topological polar surface area (TPSA) is 86.0 Å². The molecule has 21 heavy (non-hydrogen) atoms. The number of ether oxygens (including phenoxy) is 1. The van der Waals surface area contributed by atoms with Crippen molar-refractivity contribution in [1.29, 1.82) is 0 Å². The number of nitrogens with zero attached hydrogens (tertiary/aromatic N) is 3. The summed E-state index contributed by atoms with van der Waals surface area (Å²) in [7, 11) is 0. The Kier molecular flexibility index (Phi) is 5.31. The summed E-state index contributed by atoms with van der Waals surface area (Å²) >= 11 is 0. The van der Waals surface area contributed by atoms with Crippen LogP contribution in [0.5, 0.6) is 5.75 Å². The predicted molar refractivity (Wildman–Crippen MR) is 83.1 cm³/mol. The summed E-state index contributed by atoms with van der Waals surface area (Å²) in [6, 6.07) is 5.84. The van der Waals surface area contributed by atoms with Gasteiger partial charge in [0.2, 0.25) is 5.95 Å². The SMILES string of the molecule is CCCCNc1nc(N)ncc1OCc1cccc(C)n1. The summed E-state index contributed by atoms with van der Waals surface area (Å²) in [4.78, 5) is 12.6. The number of anilines is 2. The van der Waals surface area contributed by atoms with E-state index in [4.69, 9.17) is 10.5 Å². The highest BCUT2D eigenvalue weighted by Crippen LogP contribution is 2.22. The lowest BCUT2D eigenvalue weighted by atomic mass is 10.3. The molecule has 0 unspecified atom stereocenters. The Balaban J connectivity index is 2.04. The third-order valence-corrected chi connectivity index (χ3v) is 2.92. The van der Waals surface area contributed by atoms with Crippen LogP contribution >= 0.6 is 0 Å². The van der Waals surface area contributed by atoms with Gasteiger partial charge in [0.25, 0.3) is 0 Å². The first-order valence-corrected chi connectivity index (χ1v) is 7.10. The molecule has 0 radical (unpaired) electrons. The number of rotatable bonds is 7. The van der Waals surface area contributed by atoms with E-state index in [-0.39, 0.29) is 5.95 Å². The van der Waals surface area contributed by atoms with E-state index in [0.717, 1.165) is 30.8 Å². The Bertz CT molecular complexity index is 588. The highest BCUT2D eigenvalue weighted by Gasteiger charge is 2.07.